The first-order chi connectivity index (χ1) is 12.8. The molecule has 7 nitrogen and oxygen atoms in total. The van der Waals surface area contributed by atoms with Gasteiger partial charge in [0.15, 0.2) is 0 Å². The summed E-state index contributed by atoms with van der Waals surface area (Å²) in [6, 6.07) is 13.5. The van der Waals surface area contributed by atoms with E-state index in [4.69, 9.17) is 4.74 Å². The molecule has 0 spiro atoms. The average Bonchev–Trinajstić information content (AvgIpc) is 3.31. The van der Waals surface area contributed by atoms with Crippen molar-refractivity contribution in [2.45, 2.75) is 19.1 Å². The van der Waals surface area contributed by atoms with Gasteiger partial charge in [-0.2, -0.15) is 10.2 Å². The Labute approximate surface area is 151 Å². The van der Waals surface area contributed by atoms with Crippen LogP contribution in [0.1, 0.15) is 16.9 Å². The zero-order chi connectivity index (χ0) is 17.8. The molecule has 1 aromatic carbocycles. The van der Waals surface area contributed by atoms with Crippen molar-refractivity contribution in [2.75, 3.05) is 19.7 Å². The molecule has 0 radical (unpaired) electrons. The van der Waals surface area contributed by atoms with Crippen LogP contribution in [-0.4, -0.2) is 56.6 Å². The highest BCUT2D eigenvalue weighted by molar-refractivity contribution is 5.93. The smallest absolute Gasteiger partial charge is 0.271 e. The number of ether oxygens (including phenoxy) is 1. The molecule has 0 saturated carbocycles. The molecule has 1 aliphatic heterocycles. The molecule has 1 fully saturated rings. The minimum Gasteiger partial charge on any atom is -0.374 e. The lowest BCUT2D eigenvalue weighted by atomic mass is 10.1. The number of rotatable bonds is 4. The van der Waals surface area contributed by atoms with Crippen molar-refractivity contribution in [3.63, 3.8) is 0 Å². The maximum atomic E-state index is 12.9. The molecule has 0 aliphatic carbocycles. The molecule has 4 rings (SSSR count). The molecular formula is C19H21N5O2. The number of H-pyrrole nitrogens is 1. The summed E-state index contributed by atoms with van der Waals surface area (Å²) in [5, 5.41) is 11.4. The Morgan fingerprint density at radius 2 is 2.15 bits per heavy atom. The number of carbonyl (C=O) groups is 1. The summed E-state index contributed by atoms with van der Waals surface area (Å²) in [4.78, 5) is 14.8. The number of nitrogens with one attached hydrogen (secondary N) is 1. The van der Waals surface area contributed by atoms with Crippen molar-refractivity contribution in [3.8, 4) is 11.3 Å². The van der Waals surface area contributed by atoms with Gasteiger partial charge in [-0.15, -0.1) is 0 Å². The zero-order valence-corrected chi connectivity index (χ0v) is 14.4. The highest BCUT2D eigenvalue weighted by Gasteiger charge is 2.25. The Kier molecular flexibility index (Phi) is 4.79. The maximum Gasteiger partial charge on any atom is 0.271 e. The molecule has 1 atom stereocenters. The third kappa shape index (κ3) is 3.67. The van der Waals surface area contributed by atoms with Gasteiger partial charge < -0.3 is 9.64 Å². The first kappa shape index (κ1) is 16.5. The largest absolute Gasteiger partial charge is 0.374 e. The van der Waals surface area contributed by atoms with E-state index in [2.05, 4.69) is 15.3 Å². The lowest BCUT2D eigenvalue weighted by molar-refractivity contribution is 0.0365. The van der Waals surface area contributed by atoms with Gasteiger partial charge in [0.2, 0.25) is 0 Å². The molecule has 1 aliphatic rings. The van der Waals surface area contributed by atoms with E-state index in [-0.39, 0.29) is 12.0 Å². The molecule has 2 aromatic heterocycles. The van der Waals surface area contributed by atoms with Crippen LogP contribution in [0, 0.1) is 0 Å². The molecule has 0 bridgehead atoms. The summed E-state index contributed by atoms with van der Waals surface area (Å²) in [5.74, 6) is -0.0457. The van der Waals surface area contributed by atoms with E-state index in [1.165, 1.54) is 0 Å². The van der Waals surface area contributed by atoms with Gasteiger partial charge in [0.05, 0.1) is 18.3 Å². The fourth-order valence-corrected chi connectivity index (χ4v) is 3.17. The molecule has 7 heteroatoms. The number of benzene rings is 1. The Hall–Kier alpha value is -2.93. The molecular weight excluding hydrogens is 330 g/mol. The minimum absolute atomic E-state index is 0.0457. The first-order valence-electron chi connectivity index (χ1n) is 8.79. The number of aromatic nitrogens is 4. The van der Waals surface area contributed by atoms with E-state index in [1.54, 1.807) is 6.20 Å². The van der Waals surface area contributed by atoms with Gasteiger partial charge >= 0.3 is 0 Å². The van der Waals surface area contributed by atoms with Crippen LogP contribution in [0.4, 0.5) is 0 Å². The van der Waals surface area contributed by atoms with Gasteiger partial charge in [-0.25, -0.2) is 0 Å². The maximum absolute atomic E-state index is 12.9. The highest BCUT2D eigenvalue weighted by atomic mass is 16.5. The van der Waals surface area contributed by atoms with Crippen molar-refractivity contribution >= 4 is 5.91 Å². The van der Waals surface area contributed by atoms with Gasteiger partial charge in [-0.1, -0.05) is 30.3 Å². The van der Waals surface area contributed by atoms with Crippen LogP contribution in [0.25, 0.3) is 11.3 Å². The van der Waals surface area contributed by atoms with Crippen molar-refractivity contribution in [3.05, 3.63) is 60.6 Å². The molecule has 3 heterocycles. The highest BCUT2D eigenvalue weighted by Crippen LogP contribution is 2.18. The number of nitrogens with zero attached hydrogens (tertiary/aromatic N) is 4. The Morgan fingerprint density at radius 1 is 1.27 bits per heavy atom. The molecule has 1 saturated heterocycles. The summed E-state index contributed by atoms with van der Waals surface area (Å²) in [5.41, 5.74) is 2.26. The average molecular weight is 351 g/mol. The normalized spacial score (nSPS) is 17.8. The summed E-state index contributed by atoms with van der Waals surface area (Å²) >= 11 is 0. The predicted molar refractivity (Wildman–Crippen MR) is 96.5 cm³/mol. The summed E-state index contributed by atoms with van der Waals surface area (Å²) in [6.45, 7) is 2.50. The standard InChI is InChI=1S/C19H21N5O2/c25-19(18-12-17(21-22-18)15-6-2-1-3-7-15)23-9-5-11-26-16(13-23)14-24-10-4-8-20-24/h1-4,6-8,10,12,16H,5,9,11,13-14H2,(H,21,22). The van der Waals surface area contributed by atoms with Crippen molar-refractivity contribution in [2.24, 2.45) is 0 Å². The quantitative estimate of drug-likeness (QED) is 0.782. The molecule has 26 heavy (non-hydrogen) atoms. The second-order valence-corrected chi connectivity index (χ2v) is 6.36. The monoisotopic (exact) mass is 351 g/mol. The molecule has 3 aromatic rings. The molecule has 1 unspecified atom stereocenters. The fourth-order valence-electron chi connectivity index (χ4n) is 3.17. The van der Waals surface area contributed by atoms with Gasteiger partial charge in [0.1, 0.15) is 5.69 Å². The van der Waals surface area contributed by atoms with E-state index in [0.717, 1.165) is 17.7 Å². The van der Waals surface area contributed by atoms with Crippen LogP contribution < -0.4 is 0 Å². The number of aromatic amines is 1. The topological polar surface area (TPSA) is 76.0 Å². The first-order valence-corrected chi connectivity index (χ1v) is 8.79. The Morgan fingerprint density at radius 3 is 2.96 bits per heavy atom. The van der Waals surface area contributed by atoms with Crippen molar-refractivity contribution < 1.29 is 9.53 Å². The zero-order valence-electron chi connectivity index (χ0n) is 14.4. The molecule has 1 amide bonds. The van der Waals surface area contributed by atoms with Gasteiger partial charge in [-0.3, -0.25) is 14.6 Å². The summed E-state index contributed by atoms with van der Waals surface area (Å²) < 4.78 is 7.72. The third-order valence-corrected chi connectivity index (χ3v) is 4.46. The van der Waals surface area contributed by atoms with E-state index >= 15 is 0 Å². The Balaban J connectivity index is 1.47. The lowest BCUT2D eigenvalue weighted by Gasteiger charge is -2.23. The van der Waals surface area contributed by atoms with Crippen LogP contribution >= 0.6 is 0 Å². The molecule has 1 N–H and O–H groups in total. The SMILES string of the molecule is O=C(c1cc(-c2ccccc2)n[nH]1)N1CCCOC(Cn2cccn2)C1. The van der Waals surface area contributed by atoms with E-state index < -0.39 is 0 Å². The number of amides is 1. The van der Waals surface area contributed by atoms with Crippen LogP contribution in [0.5, 0.6) is 0 Å². The fraction of sp³-hybridized carbons (Fsp3) is 0.316. The lowest BCUT2D eigenvalue weighted by Crippen LogP contribution is -2.38. The number of hydrogen-bond donors (Lipinski definition) is 1. The van der Waals surface area contributed by atoms with Crippen LogP contribution in [-0.2, 0) is 11.3 Å². The van der Waals surface area contributed by atoms with Gasteiger partial charge in [0, 0.05) is 37.7 Å². The summed E-state index contributed by atoms with van der Waals surface area (Å²) in [7, 11) is 0. The van der Waals surface area contributed by atoms with E-state index in [1.807, 2.05) is 58.2 Å². The van der Waals surface area contributed by atoms with E-state index in [0.29, 0.717) is 31.9 Å². The van der Waals surface area contributed by atoms with Gasteiger partial charge in [0.25, 0.3) is 5.91 Å². The third-order valence-electron chi connectivity index (χ3n) is 4.46. The predicted octanol–water partition coefficient (Wildman–Crippen LogP) is 2.20. The van der Waals surface area contributed by atoms with Crippen LogP contribution in [0.2, 0.25) is 0 Å². The van der Waals surface area contributed by atoms with Crippen molar-refractivity contribution in [1.29, 1.82) is 0 Å². The van der Waals surface area contributed by atoms with Crippen molar-refractivity contribution in [1.82, 2.24) is 24.9 Å². The molecule has 134 valence electrons. The van der Waals surface area contributed by atoms with Crippen LogP contribution in [0.15, 0.2) is 54.9 Å². The van der Waals surface area contributed by atoms with E-state index in [9.17, 15) is 4.79 Å². The number of hydrogen-bond acceptors (Lipinski definition) is 4. The summed E-state index contributed by atoms with van der Waals surface area (Å²) in [6.07, 6.45) is 4.40. The minimum atomic E-state index is -0.0714. The Bertz CT molecular complexity index is 844. The second kappa shape index (κ2) is 7.53. The number of carbonyl (C=O) groups excluding carboxylic acids is 1. The second-order valence-electron chi connectivity index (χ2n) is 6.36. The van der Waals surface area contributed by atoms with Gasteiger partial charge in [-0.05, 0) is 18.6 Å². The van der Waals surface area contributed by atoms with Crippen LogP contribution in [0.3, 0.4) is 0 Å².